The molecule has 1 aliphatic heterocycles. The van der Waals surface area contributed by atoms with Crippen LogP contribution in [-0.4, -0.2) is 0 Å². The quantitative estimate of drug-likeness (QED) is 0.870. The molecule has 0 bridgehead atoms. The Labute approximate surface area is 107 Å². The molecule has 2 aromatic rings. The highest BCUT2D eigenvalue weighted by Gasteiger charge is 2.20. The second kappa shape index (κ2) is 4.51. The number of thiophene rings is 1. The second-order valence-electron chi connectivity index (χ2n) is 3.97. The highest BCUT2D eigenvalue weighted by atomic mass is 32.1. The first-order chi connectivity index (χ1) is 8.74. The lowest BCUT2D eigenvalue weighted by Gasteiger charge is -2.09. The van der Waals surface area contributed by atoms with Crippen LogP contribution in [0.5, 0.6) is 0 Å². The van der Waals surface area contributed by atoms with Gasteiger partial charge < -0.3 is 5.43 Å². The molecular weight excluding hydrogens is 254 g/mol. The van der Waals surface area contributed by atoms with Crippen LogP contribution in [0.2, 0.25) is 0 Å². The third-order valence-corrected chi connectivity index (χ3v) is 3.68. The molecule has 1 aliphatic rings. The molecule has 0 aliphatic carbocycles. The summed E-state index contributed by atoms with van der Waals surface area (Å²) in [5, 5.41) is 1.98. The van der Waals surface area contributed by atoms with E-state index in [1.807, 2.05) is 23.6 Å². The average Bonchev–Trinajstić information content (AvgIpc) is 2.99. The molecule has 0 saturated heterocycles. The Morgan fingerprint density at radius 3 is 2.78 bits per heavy atom. The van der Waals surface area contributed by atoms with Gasteiger partial charge in [0.2, 0.25) is 0 Å². The lowest BCUT2D eigenvalue weighted by atomic mass is 10.1. The zero-order valence-electron chi connectivity index (χ0n) is 9.28. The van der Waals surface area contributed by atoms with Crippen molar-refractivity contribution >= 4 is 17.0 Å². The van der Waals surface area contributed by atoms with Crippen molar-refractivity contribution in [2.75, 3.05) is 0 Å². The SMILES string of the molecule is Fc1ccc(C2C=C(c3cccs3)NN2)c(F)c1. The number of hydrazine groups is 1. The maximum absolute atomic E-state index is 13.6. The van der Waals surface area contributed by atoms with E-state index in [0.29, 0.717) is 5.56 Å². The molecule has 2 nitrogen and oxygen atoms in total. The van der Waals surface area contributed by atoms with Crippen LogP contribution < -0.4 is 10.9 Å². The van der Waals surface area contributed by atoms with Crippen LogP contribution in [0.3, 0.4) is 0 Å². The number of halogens is 2. The van der Waals surface area contributed by atoms with Crippen LogP contribution in [0, 0.1) is 11.6 Å². The second-order valence-corrected chi connectivity index (χ2v) is 4.92. The first kappa shape index (κ1) is 11.4. The molecule has 0 saturated carbocycles. The summed E-state index contributed by atoms with van der Waals surface area (Å²) < 4.78 is 26.5. The minimum absolute atomic E-state index is 0.289. The van der Waals surface area contributed by atoms with E-state index in [9.17, 15) is 8.78 Å². The first-order valence-electron chi connectivity index (χ1n) is 5.46. The van der Waals surface area contributed by atoms with Gasteiger partial charge in [-0.15, -0.1) is 11.3 Å². The smallest absolute Gasteiger partial charge is 0.131 e. The van der Waals surface area contributed by atoms with Gasteiger partial charge in [-0.1, -0.05) is 12.1 Å². The average molecular weight is 264 g/mol. The highest BCUT2D eigenvalue weighted by Crippen LogP contribution is 2.28. The monoisotopic (exact) mass is 264 g/mol. The van der Waals surface area contributed by atoms with Crippen molar-refractivity contribution in [1.29, 1.82) is 0 Å². The van der Waals surface area contributed by atoms with Gasteiger partial charge in [-0.25, -0.2) is 14.2 Å². The largest absolute Gasteiger partial charge is 0.319 e. The fourth-order valence-corrected chi connectivity index (χ4v) is 2.61. The van der Waals surface area contributed by atoms with Gasteiger partial charge >= 0.3 is 0 Å². The molecule has 1 aromatic heterocycles. The van der Waals surface area contributed by atoms with Gasteiger partial charge in [0.05, 0.1) is 16.6 Å². The summed E-state index contributed by atoms with van der Waals surface area (Å²) in [6, 6.07) is 7.26. The number of rotatable bonds is 2. The molecule has 18 heavy (non-hydrogen) atoms. The maximum Gasteiger partial charge on any atom is 0.131 e. The fraction of sp³-hybridized carbons (Fsp3) is 0.0769. The van der Waals surface area contributed by atoms with Gasteiger partial charge in [-0.2, -0.15) is 0 Å². The molecule has 2 heterocycles. The Bertz CT molecular complexity index is 593. The summed E-state index contributed by atoms with van der Waals surface area (Å²) in [5.41, 5.74) is 7.33. The number of benzene rings is 1. The number of hydrogen-bond donors (Lipinski definition) is 2. The summed E-state index contributed by atoms with van der Waals surface area (Å²) in [4.78, 5) is 1.08. The third kappa shape index (κ3) is 2.02. The van der Waals surface area contributed by atoms with E-state index in [-0.39, 0.29) is 6.04 Å². The van der Waals surface area contributed by atoms with Crippen LogP contribution in [0.25, 0.3) is 5.70 Å². The number of nitrogens with one attached hydrogen (secondary N) is 2. The molecule has 1 atom stereocenters. The highest BCUT2D eigenvalue weighted by molar-refractivity contribution is 7.11. The Morgan fingerprint density at radius 1 is 1.17 bits per heavy atom. The van der Waals surface area contributed by atoms with Gasteiger partial charge in [-0.05, 0) is 23.6 Å². The van der Waals surface area contributed by atoms with Crippen LogP contribution in [0.1, 0.15) is 16.5 Å². The molecule has 0 radical (unpaired) electrons. The molecule has 1 aromatic carbocycles. The third-order valence-electron chi connectivity index (χ3n) is 2.78. The molecule has 0 amide bonds. The van der Waals surface area contributed by atoms with Crippen molar-refractivity contribution < 1.29 is 8.78 Å². The number of hydrogen-bond acceptors (Lipinski definition) is 3. The molecule has 3 rings (SSSR count). The summed E-state index contributed by atoms with van der Waals surface area (Å²) >= 11 is 1.60. The van der Waals surface area contributed by atoms with Crippen molar-refractivity contribution in [3.8, 4) is 0 Å². The van der Waals surface area contributed by atoms with Gasteiger partial charge in [0.15, 0.2) is 0 Å². The van der Waals surface area contributed by atoms with Crippen LogP contribution in [0.4, 0.5) is 8.78 Å². The van der Waals surface area contributed by atoms with Crippen molar-refractivity contribution in [2.24, 2.45) is 0 Å². The van der Waals surface area contributed by atoms with Crippen LogP contribution in [0.15, 0.2) is 41.8 Å². The van der Waals surface area contributed by atoms with Crippen molar-refractivity contribution in [3.63, 3.8) is 0 Å². The fourth-order valence-electron chi connectivity index (χ4n) is 1.90. The lowest BCUT2D eigenvalue weighted by Crippen LogP contribution is -2.26. The van der Waals surface area contributed by atoms with Crippen molar-refractivity contribution in [3.05, 3.63) is 63.9 Å². The molecular formula is C13H10F2N2S. The van der Waals surface area contributed by atoms with E-state index in [1.165, 1.54) is 12.1 Å². The maximum atomic E-state index is 13.6. The van der Waals surface area contributed by atoms with Crippen LogP contribution >= 0.6 is 11.3 Å². The van der Waals surface area contributed by atoms with Gasteiger partial charge in [0, 0.05) is 11.6 Å². The summed E-state index contributed by atoms with van der Waals surface area (Å²) in [6.45, 7) is 0. The predicted molar refractivity (Wildman–Crippen MR) is 67.7 cm³/mol. The van der Waals surface area contributed by atoms with Crippen LogP contribution in [-0.2, 0) is 0 Å². The Morgan fingerprint density at radius 2 is 2.06 bits per heavy atom. The van der Waals surface area contributed by atoms with E-state index < -0.39 is 11.6 Å². The Balaban J connectivity index is 1.91. The predicted octanol–water partition coefficient (Wildman–Crippen LogP) is 3.22. The van der Waals surface area contributed by atoms with E-state index >= 15 is 0 Å². The zero-order chi connectivity index (χ0) is 12.5. The van der Waals surface area contributed by atoms with E-state index in [0.717, 1.165) is 16.6 Å². The lowest BCUT2D eigenvalue weighted by molar-refractivity contribution is 0.540. The van der Waals surface area contributed by atoms with Crippen molar-refractivity contribution in [2.45, 2.75) is 6.04 Å². The van der Waals surface area contributed by atoms with Gasteiger partial charge in [0.1, 0.15) is 11.6 Å². The molecule has 1 unspecified atom stereocenters. The van der Waals surface area contributed by atoms with E-state index in [1.54, 1.807) is 11.3 Å². The molecule has 2 N–H and O–H groups in total. The zero-order valence-corrected chi connectivity index (χ0v) is 10.1. The Hall–Kier alpha value is -1.72. The van der Waals surface area contributed by atoms with Crippen molar-refractivity contribution in [1.82, 2.24) is 10.9 Å². The Kier molecular flexibility index (Phi) is 2.85. The topological polar surface area (TPSA) is 24.1 Å². The minimum Gasteiger partial charge on any atom is -0.319 e. The molecule has 0 spiro atoms. The summed E-state index contributed by atoms with van der Waals surface area (Å²) in [5.74, 6) is -1.11. The summed E-state index contributed by atoms with van der Waals surface area (Å²) in [6.07, 6.45) is 1.89. The minimum atomic E-state index is -0.565. The first-order valence-corrected chi connectivity index (χ1v) is 6.34. The van der Waals surface area contributed by atoms with E-state index in [2.05, 4.69) is 10.9 Å². The normalized spacial score (nSPS) is 18.6. The standard InChI is InChI=1S/C13H10F2N2S/c14-8-3-4-9(10(15)6-8)11-7-12(17-16-11)13-2-1-5-18-13/h1-7,11,16-17H. The van der Waals surface area contributed by atoms with Gasteiger partial charge in [0.25, 0.3) is 0 Å². The summed E-state index contributed by atoms with van der Waals surface area (Å²) in [7, 11) is 0. The molecule has 5 heteroatoms. The van der Waals surface area contributed by atoms with E-state index in [4.69, 9.17) is 0 Å². The molecule has 92 valence electrons. The van der Waals surface area contributed by atoms with Gasteiger partial charge in [-0.3, -0.25) is 0 Å². The molecule has 0 fully saturated rings.